The van der Waals surface area contributed by atoms with E-state index in [9.17, 15) is 0 Å². The molecule has 0 unspecified atom stereocenters. The third kappa shape index (κ3) is 4.18. The first-order valence-corrected chi connectivity index (χ1v) is 7.82. The topological polar surface area (TPSA) is 30.5 Å². The molecule has 0 heterocycles. The van der Waals surface area contributed by atoms with Crippen LogP contribution in [0, 0.1) is 0 Å². The Labute approximate surface area is 144 Å². The molecule has 2 aromatic carbocycles. The van der Waals surface area contributed by atoms with E-state index in [4.69, 9.17) is 9.47 Å². The monoisotopic (exact) mass is 333 g/mol. The second-order valence-electron chi connectivity index (χ2n) is 5.74. The van der Waals surface area contributed by atoms with Gasteiger partial charge in [0.15, 0.2) is 0 Å². The van der Waals surface area contributed by atoms with Crippen LogP contribution >= 0.6 is 12.4 Å². The van der Waals surface area contributed by atoms with E-state index in [0.717, 1.165) is 30.2 Å². The zero-order valence-electron chi connectivity index (χ0n) is 13.7. The zero-order chi connectivity index (χ0) is 15.4. The molecule has 3 nitrogen and oxygen atoms in total. The minimum atomic E-state index is 0. The number of nitrogens with one attached hydrogen (secondary N) is 1. The van der Waals surface area contributed by atoms with Gasteiger partial charge < -0.3 is 14.8 Å². The molecule has 0 aliphatic heterocycles. The first-order chi connectivity index (χ1) is 10.8. The molecular formula is C19H24ClNO2. The normalized spacial score (nSPS) is 12.4. The van der Waals surface area contributed by atoms with Gasteiger partial charge >= 0.3 is 0 Å². The fourth-order valence-electron chi connectivity index (χ4n) is 3.07. The summed E-state index contributed by atoms with van der Waals surface area (Å²) in [5.74, 6) is 1.68. The fraction of sp³-hybridized carbons (Fsp3) is 0.368. The third-order valence-corrected chi connectivity index (χ3v) is 4.30. The van der Waals surface area contributed by atoms with E-state index >= 15 is 0 Å². The summed E-state index contributed by atoms with van der Waals surface area (Å²) in [5, 5.41) is 3.50. The number of methoxy groups -OCH3 is 2. The Morgan fingerprint density at radius 2 is 1.74 bits per heavy atom. The first-order valence-electron chi connectivity index (χ1n) is 7.82. The van der Waals surface area contributed by atoms with Gasteiger partial charge in [-0.1, -0.05) is 24.3 Å². The molecule has 0 saturated heterocycles. The Morgan fingerprint density at radius 3 is 2.52 bits per heavy atom. The van der Waals surface area contributed by atoms with Gasteiger partial charge in [0.2, 0.25) is 0 Å². The second-order valence-corrected chi connectivity index (χ2v) is 5.74. The molecule has 2 aromatic rings. The number of benzene rings is 2. The molecule has 23 heavy (non-hydrogen) atoms. The van der Waals surface area contributed by atoms with E-state index in [1.54, 1.807) is 14.2 Å². The van der Waals surface area contributed by atoms with E-state index in [1.807, 2.05) is 18.2 Å². The van der Waals surface area contributed by atoms with Crippen LogP contribution in [-0.4, -0.2) is 14.2 Å². The number of aryl methyl sites for hydroxylation is 2. The minimum Gasteiger partial charge on any atom is -0.497 e. The van der Waals surface area contributed by atoms with Crippen LogP contribution in [0.2, 0.25) is 0 Å². The number of fused-ring (bicyclic) bond motifs is 1. The summed E-state index contributed by atoms with van der Waals surface area (Å²) < 4.78 is 10.7. The van der Waals surface area contributed by atoms with Crippen LogP contribution in [0.25, 0.3) is 0 Å². The Morgan fingerprint density at radius 1 is 0.913 bits per heavy atom. The van der Waals surface area contributed by atoms with E-state index in [-0.39, 0.29) is 12.4 Å². The van der Waals surface area contributed by atoms with Gasteiger partial charge in [0.05, 0.1) is 14.2 Å². The highest BCUT2D eigenvalue weighted by Gasteiger charge is 2.10. The summed E-state index contributed by atoms with van der Waals surface area (Å²) in [6.45, 7) is 1.66. The second kappa shape index (κ2) is 8.23. The summed E-state index contributed by atoms with van der Waals surface area (Å²) in [4.78, 5) is 0. The molecule has 0 bridgehead atoms. The third-order valence-electron chi connectivity index (χ3n) is 4.30. The number of hydrogen-bond donors (Lipinski definition) is 1. The van der Waals surface area contributed by atoms with Crippen molar-refractivity contribution < 1.29 is 9.47 Å². The highest BCUT2D eigenvalue weighted by molar-refractivity contribution is 5.85. The van der Waals surface area contributed by atoms with Gasteiger partial charge in [-0.25, -0.2) is 0 Å². The van der Waals surface area contributed by atoms with Gasteiger partial charge in [0, 0.05) is 24.7 Å². The lowest BCUT2D eigenvalue weighted by atomic mass is 10.1. The maximum atomic E-state index is 5.43. The lowest BCUT2D eigenvalue weighted by molar-refractivity contribution is 0.390. The standard InChI is InChI=1S/C19H23NO2.ClH/c1-21-18-9-8-17(19(11-18)22-2)13-20-12-14-6-7-15-4-3-5-16(15)10-14;/h6-11,20H,3-5,12-13H2,1-2H3;1H. The van der Waals surface area contributed by atoms with Crippen LogP contribution in [0.5, 0.6) is 11.5 Å². The number of ether oxygens (including phenoxy) is 2. The molecule has 0 fully saturated rings. The van der Waals surface area contributed by atoms with Gasteiger partial charge in [0.1, 0.15) is 11.5 Å². The van der Waals surface area contributed by atoms with Gasteiger partial charge in [-0.3, -0.25) is 0 Å². The largest absolute Gasteiger partial charge is 0.497 e. The van der Waals surface area contributed by atoms with Crippen molar-refractivity contribution in [2.45, 2.75) is 32.4 Å². The molecule has 0 spiro atoms. The molecule has 1 aliphatic rings. The SMILES string of the molecule is COc1ccc(CNCc2ccc3c(c2)CCC3)c(OC)c1.Cl. The average Bonchev–Trinajstić information content (AvgIpc) is 3.02. The van der Waals surface area contributed by atoms with Crippen molar-refractivity contribution in [3.8, 4) is 11.5 Å². The predicted molar refractivity (Wildman–Crippen MR) is 95.8 cm³/mol. The van der Waals surface area contributed by atoms with Crippen LogP contribution < -0.4 is 14.8 Å². The molecule has 0 aromatic heterocycles. The molecular weight excluding hydrogens is 310 g/mol. The van der Waals surface area contributed by atoms with E-state index < -0.39 is 0 Å². The van der Waals surface area contributed by atoms with Gasteiger partial charge in [-0.15, -0.1) is 12.4 Å². The molecule has 0 amide bonds. The van der Waals surface area contributed by atoms with Crippen LogP contribution in [0.15, 0.2) is 36.4 Å². The molecule has 3 rings (SSSR count). The van der Waals surface area contributed by atoms with Crippen LogP contribution in [0.3, 0.4) is 0 Å². The Bertz CT molecular complexity index is 658. The Balaban J connectivity index is 0.00000192. The van der Waals surface area contributed by atoms with E-state index in [2.05, 4.69) is 23.5 Å². The van der Waals surface area contributed by atoms with Crippen molar-refractivity contribution >= 4 is 12.4 Å². The van der Waals surface area contributed by atoms with Gasteiger partial charge in [-0.05, 0) is 42.0 Å². The molecule has 0 radical (unpaired) electrons. The molecule has 1 N–H and O–H groups in total. The minimum absolute atomic E-state index is 0. The summed E-state index contributed by atoms with van der Waals surface area (Å²) in [7, 11) is 3.36. The van der Waals surface area contributed by atoms with Crippen molar-refractivity contribution in [3.63, 3.8) is 0 Å². The summed E-state index contributed by atoms with van der Waals surface area (Å²) in [6, 6.07) is 12.8. The predicted octanol–water partition coefficient (Wildman–Crippen LogP) is 3.90. The lowest BCUT2D eigenvalue weighted by Gasteiger charge is -2.12. The number of hydrogen-bond acceptors (Lipinski definition) is 3. The molecule has 0 saturated carbocycles. The average molecular weight is 334 g/mol. The van der Waals surface area contributed by atoms with Crippen molar-refractivity contribution in [2.75, 3.05) is 14.2 Å². The molecule has 1 aliphatic carbocycles. The van der Waals surface area contributed by atoms with Crippen molar-refractivity contribution in [1.82, 2.24) is 5.32 Å². The van der Waals surface area contributed by atoms with Crippen molar-refractivity contribution in [3.05, 3.63) is 58.7 Å². The molecule has 4 heteroatoms. The highest BCUT2D eigenvalue weighted by Crippen LogP contribution is 2.25. The van der Waals surface area contributed by atoms with E-state index in [0.29, 0.717) is 0 Å². The maximum Gasteiger partial charge on any atom is 0.127 e. The fourth-order valence-corrected chi connectivity index (χ4v) is 3.07. The van der Waals surface area contributed by atoms with Crippen LogP contribution in [0.4, 0.5) is 0 Å². The van der Waals surface area contributed by atoms with Gasteiger partial charge in [-0.2, -0.15) is 0 Å². The summed E-state index contributed by atoms with van der Waals surface area (Å²) in [5.41, 5.74) is 5.56. The first kappa shape index (κ1) is 17.6. The van der Waals surface area contributed by atoms with Crippen molar-refractivity contribution in [2.24, 2.45) is 0 Å². The summed E-state index contributed by atoms with van der Waals surface area (Å²) >= 11 is 0. The van der Waals surface area contributed by atoms with Crippen LogP contribution in [-0.2, 0) is 25.9 Å². The quantitative estimate of drug-likeness (QED) is 0.869. The summed E-state index contributed by atoms with van der Waals surface area (Å²) in [6.07, 6.45) is 3.77. The van der Waals surface area contributed by atoms with Crippen molar-refractivity contribution in [1.29, 1.82) is 0 Å². The smallest absolute Gasteiger partial charge is 0.127 e. The maximum absolute atomic E-state index is 5.43. The Kier molecular flexibility index (Phi) is 6.31. The molecule has 0 atom stereocenters. The van der Waals surface area contributed by atoms with Gasteiger partial charge in [0.25, 0.3) is 0 Å². The number of rotatable bonds is 6. The Hall–Kier alpha value is -1.71. The zero-order valence-corrected chi connectivity index (χ0v) is 14.5. The lowest BCUT2D eigenvalue weighted by Crippen LogP contribution is -2.13. The van der Waals surface area contributed by atoms with E-state index in [1.165, 1.54) is 36.0 Å². The highest BCUT2D eigenvalue weighted by atomic mass is 35.5. The van der Waals surface area contributed by atoms with Crippen LogP contribution in [0.1, 0.15) is 28.7 Å². The number of halogens is 1. The molecule has 124 valence electrons.